The molecule has 0 saturated carbocycles. The molecule has 0 bridgehead atoms. The molecule has 1 unspecified atom stereocenters. The Bertz CT molecular complexity index is 1420. The summed E-state index contributed by atoms with van der Waals surface area (Å²) in [6.07, 6.45) is 10.6. The van der Waals surface area contributed by atoms with Gasteiger partial charge in [0.25, 0.3) is 5.91 Å². The standard InChI is InChI=1S/C30H30FN5O/c1-19-25-16-33-36(24-12-10-23(31)11-13-24)28(25)15-22-9-8-21(29(19)22)14-26(20-6-4-3-5-7-20)34-30(37)27-17-35(2)18-32-27/h3-7,10-13,15-19,21,26,33H,8-9,14H2,1-2H3,(H,34,37)/t19-,21+,26?/m0/s1. The molecule has 6 rings (SSSR count). The Morgan fingerprint density at radius 2 is 1.97 bits per heavy atom. The van der Waals surface area contributed by atoms with Gasteiger partial charge in [-0.05, 0) is 66.7 Å². The number of imidazole rings is 1. The Hall–Kier alpha value is -4.13. The van der Waals surface area contributed by atoms with Gasteiger partial charge in [0.2, 0.25) is 0 Å². The number of aryl methyl sites for hydroxylation is 1. The lowest BCUT2D eigenvalue weighted by Gasteiger charge is -2.31. The second-order valence-corrected chi connectivity index (χ2v) is 10.1. The molecule has 1 aromatic heterocycles. The fourth-order valence-electron chi connectivity index (χ4n) is 5.97. The van der Waals surface area contributed by atoms with Crippen molar-refractivity contribution in [2.45, 2.75) is 32.2 Å². The molecule has 188 valence electrons. The third-order valence-corrected chi connectivity index (χ3v) is 7.75. The van der Waals surface area contributed by atoms with Crippen LogP contribution in [0.15, 0.2) is 102 Å². The molecule has 0 radical (unpaired) electrons. The van der Waals surface area contributed by atoms with Gasteiger partial charge in [-0.15, -0.1) is 0 Å². The number of hydrogen-bond donors (Lipinski definition) is 2. The van der Waals surface area contributed by atoms with Crippen LogP contribution < -0.4 is 15.8 Å². The lowest BCUT2D eigenvalue weighted by atomic mass is 9.78. The average Bonchev–Trinajstić information content (AvgIpc) is 3.64. The Kier molecular flexibility index (Phi) is 5.91. The summed E-state index contributed by atoms with van der Waals surface area (Å²) in [7, 11) is 1.86. The van der Waals surface area contributed by atoms with E-state index >= 15 is 0 Å². The molecule has 6 nitrogen and oxygen atoms in total. The molecule has 7 heteroatoms. The van der Waals surface area contributed by atoms with Gasteiger partial charge in [-0.25, -0.2) is 9.37 Å². The Labute approximate surface area is 216 Å². The minimum atomic E-state index is -0.242. The van der Waals surface area contributed by atoms with E-state index < -0.39 is 0 Å². The Balaban J connectivity index is 1.27. The molecule has 0 saturated heterocycles. The van der Waals surface area contributed by atoms with Crippen molar-refractivity contribution in [2.24, 2.45) is 18.9 Å². The van der Waals surface area contributed by atoms with Crippen LogP contribution in [0.2, 0.25) is 0 Å². The Morgan fingerprint density at radius 1 is 1.19 bits per heavy atom. The van der Waals surface area contributed by atoms with Crippen molar-refractivity contribution < 1.29 is 9.18 Å². The van der Waals surface area contributed by atoms with E-state index in [1.165, 1.54) is 28.9 Å². The summed E-state index contributed by atoms with van der Waals surface area (Å²) in [5, 5.41) is 5.29. The van der Waals surface area contributed by atoms with Gasteiger partial charge in [0.1, 0.15) is 11.5 Å². The summed E-state index contributed by atoms with van der Waals surface area (Å²) in [6, 6.07) is 16.7. The number of nitrogens with zero attached hydrogens (tertiary/aromatic N) is 3. The number of fused-ring (bicyclic) bond motifs is 1. The van der Waals surface area contributed by atoms with Gasteiger partial charge >= 0.3 is 0 Å². The highest BCUT2D eigenvalue weighted by Crippen LogP contribution is 2.49. The minimum absolute atomic E-state index is 0.114. The van der Waals surface area contributed by atoms with Gasteiger partial charge in [0, 0.05) is 30.9 Å². The maximum absolute atomic E-state index is 13.5. The maximum atomic E-state index is 13.5. The van der Waals surface area contributed by atoms with E-state index in [4.69, 9.17) is 0 Å². The van der Waals surface area contributed by atoms with Crippen LogP contribution >= 0.6 is 0 Å². The first-order valence-corrected chi connectivity index (χ1v) is 12.8. The second kappa shape index (κ2) is 9.39. The molecule has 37 heavy (non-hydrogen) atoms. The number of halogens is 1. The van der Waals surface area contributed by atoms with E-state index in [0.717, 1.165) is 36.2 Å². The molecule has 0 fully saturated rings. The van der Waals surface area contributed by atoms with Crippen LogP contribution in [0.4, 0.5) is 10.1 Å². The van der Waals surface area contributed by atoms with Crippen LogP contribution in [0.25, 0.3) is 0 Å². The zero-order valence-electron chi connectivity index (χ0n) is 21.0. The number of hydrazine groups is 1. The van der Waals surface area contributed by atoms with Gasteiger partial charge in [-0.3, -0.25) is 9.80 Å². The van der Waals surface area contributed by atoms with Gasteiger partial charge in [-0.2, -0.15) is 0 Å². The van der Waals surface area contributed by atoms with Crippen molar-refractivity contribution in [3.05, 3.63) is 119 Å². The molecular formula is C30H30FN5O. The minimum Gasteiger partial charge on any atom is -0.344 e. The number of carbonyl (C=O) groups is 1. The third kappa shape index (κ3) is 4.35. The maximum Gasteiger partial charge on any atom is 0.271 e. The van der Waals surface area contributed by atoms with Gasteiger partial charge in [-0.1, -0.05) is 42.8 Å². The lowest BCUT2D eigenvalue weighted by molar-refractivity contribution is 0.0927. The number of amides is 1. The first-order valence-electron chi connectivity index (χ1n) is 12.8. The number of carbonyl (C=O) groups excluding carboxylic acids is 1. The highest BCUT2D eigenvalue weighted by molar-refractivity contribution is 5.92. The van der Waals surface area contributed by atoms with Crippen molar-refractivity contribution in [3.8, 4) is 0 Å². The number of aromatic nitrogens is 2. The van der Waals surface area contributed by atoms with Crippen LogP contribution in [0.3, 0.4) is 0 Å². The summed E-state index contributed by atoms with van der Waals surface area (Å²) in [5.41, 5.74) is 11.0. The predicted molar refractivity (Wildman–Crippen MR) is 142 cm³/mol. The monoisotopic (exact) mass is 495 g/mol. The summed E-state index contributed by atoms with van der Waals surface area (Å²) < 4.78 is 15.3. The average molecular weight is 496 g/mol. The number of rotatable bonds is 6. The molecule has 3 aromatic rings. The van der Waals surface area contributed by atoms with Crippen molar-refractivity contribution in [2.75, 3.05) is 5.01 Å². The zero-order chi connectivity index (χ0) is 25.5. The molecule has 1 aliphatic heterocycles. The number of benzene rings is 2. The highest BCUT2D eigenvalue weighted by atomic mass is 19.1. The largest absolute Gasteiger partial charge is 0.344 e. The molecule has 2 aromatic carbocycles. The van der Waals surface area contributed by atoms with Crippen molar-refractivity contribution in [1.29, 1.82) is 0 Å². The molecular weight excluding hydrogens is 465 g/mol. The number of nitrogens with one attached hydrogen (secondary N) is 2. The van der Waals surface area contributed by atoms with Crippen LogP contribution in [-0.2, 0) is 7.05 Å². The number of allylic oxidation sites excluding steroid dienone is 4. The van der Waals surface area contributed by atoms with Crippen molar-refractivity contribution in [1.82, 2.24) is 20.3 Å². The highest BCUT2D eigenvalue weighted by Gasteiger charge is 2.39. The molecule has 3 atom stereocenters. The summed E-state index contributed by atoms with van der Waals surface area (Å²) >= 11 is 0. The summed E-state index contributed by atoms with van der Waals surface area (Å²) in [4.78, 5) is 17.3. The van der Waals surface area contributed by atoms with Crippen molar-refractivity contribution in [3.63, 3.8) is 0 Å². The molecule has 0 spiro atoms. The first-order chi connectivity index (χ1) is 18.0. The van der Waals surface area contributed by atoms with Crippen molar-refractivity contribution >= 4 is 11.6 Å². The molecule has 1 amide bonds. The van der Waals surface area contributed by atoms with Crippen LogP contribution in [0.5, 0.6) is 0 Å². The van der Waals surface area contributed by atoms with E-state index in [2.05, 4.69) is 47.1 Å². The molecule has 2 aliphatic carbocycles. The van der Waals surface area contributed by atoms with E-state index in [1.54, 1.807) is 29.2 Å². The Morgan fingerprint density at radius 3 is 2.70 bits per heavy atom. The second-order valence-electron chi connectivity index (χ2n) is 10.1. The van der Waals surface area contributed by atoms with Crippen LogP contribution in [0.1, 0.15) is 48.3 Å². The molecule has 2 N–H and O–H groups in total. The quantitative estimate of drug-likeness (QED) is 0.469. The smallest absolute Gasteiger partial charge is 0.271 e. The van der Waals surface area contributed by atoms with Crippen LogP contribution in [0, 0.1) is 17.7 Å². The third-order valence-electron chi connectivity index (χ3n) is 7.75. The zero-order valence-corrected chi connectivity index (χ0v) is 21.0. The van der Waals surface area contributed by atoms with E-state index in [9.17, 15) is 9.18 Å². The summed E-state index contributed by atoms with van der Waals surface area (Å²) in [5.74, 6) is 0.216. The number of anilines is 1. The summed E-state index contributed by atoms with van der Waals surface area (Å²) in [6.45, 7) is 2.27. The topological polar surface area (TPSA) is 62.2 Å². The predicted octanol–water partition coefficient (Wildman–Crippen LogP) is 5.57. The first kappa shape index (κ1) is 23.3. The van der Waals surface area contributed by atoms with Crippen LogP contribution in [-0.4, -0.2) is 15.5 Å². The fraction of sp³-hybridized carbons (Fsp3) is 0.267. The van der Waals surface area contributed by atoms with Gasteiger partial charge < -0.3 is 15.3 Å². The van der Waals surface area contributed by atoms with E-state index in [0.29, 0.717) is 11.6 Å². The lowest BCUT2D eigenvalue weighted by Crippen LogP contribution is -2.31. The van der Waals surface area contributed by atoms with Gasteiger partial charge in [0.15, 0.2) is 0 Å². The van der Waals surface area contributed by atoms with Gasteiger partial charge in [0.05, 0.1) is 23.8 Å². The molecule has 3 aliphatic rings. The normalized spacial score (nSPS) is 21.1. The number of hydrogen-bond acceptors (Lipinski definition) is 4. The molecule has 2 heterocycles. The van der Waals surface area contributed by atoms with E-state index in [-0.39, 0.29) is 23.7 Å². The SMILES string of the molecule is C[C@H]1C2=CNN(c3ccc(F)cc3)C2=CC2=C1[C@@H](CC(NC(=O)c1cn(C)cn1)c1ccccc1)CC2. The fourth-order valence-corrected chi connectivity index (χ4v) is 5.97. The van der Waals surface area contributed by atoms with E-state index in [1.807, 2.05) is 30.3 Å².